The Hall–Kier alpha value is -3.41. The van der Waals surface area contributed by atoms with Crippen LogP contribution >= 0.6 is 0 Å². The first-order valence-electron chi connectivity index (χ1n) is 15.1. The Balaban J connectivity index is 1.45. The number of amides is 1. The van der Waals surface area contributed by atoms with E-state index in [4.69, 9.17) is 10.5 Å². The van der Waals surface area contributed by atoms with E-state index in [-0.39, 0.29) is 35.3 Å². The van der Waals surface area contributed by atoms with E-state index in [1.807, 2.05) is 0 Å². The standard InChI is InChI=1S/C32H41N3O8/c1-31(8-5-9-31)35(13-15-6-7-15)14-17-12-20(36)22-18(27(17)43-4)10-16-11-19-24(34(2)3)26(38)23(30(33)41)29(40)32(19,42)28(39)21(16)25(22)37/h12,15-16,19,24,36,38-39,42H,5-11,13-14H2,1-4H3,(H2,33,41)/t16-,19-,24-,32-/m0/s1. The number of carbonyl (C=O) groups excluding carboxylic acids is 3. The molecule has 1 aromatic rings. The molecule has 11 nitrogen and oxygen atoms in total. The van der Waals surface area contributed by atoms with Gasteiger partial charge in [0, 0.05) is 41.2 Å². The fourth-order valence-electron chi connectivity index (χ4n) is 8.03. The third kappa shape index (κ3) is 4.30. The summed E-state index contributed by atoms with van der Waals surface area (Å²) in [5.41, 5.74) is 3.07. The number of likely N-dealkylation sites (N-methyl/N-ethyl adjacent to an activating group) is 1. The van der Waals surface area contributed by atoms with E-state index in [1.54, 1.807) is 20.2 Å². The molecule has 5 aliphatic rings. The number of phenolic OH excluding ortho intramolecular Hbond substituents is 1. The second kappa shape index (κ2) is 10.1. The molecule has 0 aromatic heterocycles. The summed E-state index contributed by atoms with van der Waals surface area (Å²) in [7, 11) is 4.75. The molecule has 2 saturated carbocycles. The summed E-state index contributed by atoms with van der Waals surface area (Å²) in [5.74, 6) is -5.49. The molecule has 11 heteroatoms. The number of nitrogens with two attached hydrogens (primary N) is 1. The van der Waals surface area contributed by atoms with Crippen LogP contribution in [0, 0.1) is 17.8 Å². The van der Waals surface area contributed by atoms with Crippen molar-refractivity contribution in [3.05, 3.63) is 45.4 Å². The zero-order valence-corrected chi connectivity index (χ0v) is 25.1. The molecular formula is C32H41N3O8. The lowest BCUT2D eigenvalue weighted by molar-refractivity contribution is -0.148. The number of ether oxygens (including phenoxy) is 1. The number of ketones is 2. The molecule has 0 radical (unpaired) electrons. The summed E-state index contributed by atoms with van der Waals surface area (Å²) in [5, 5.41) is 45.5. The monoisotopic (exact) mass is 595 g/mol. The molecule has 6 N–H and O–H groups in total. The maximum absolute atomic E-state index is 14.0. The topological polar surface area (TPSA) is 174 Å². The molecule has 0 unspecified atom stereocenters. The Kier molecular flexibility index (Phi) is 6.94. The smallest absolute Gasteiger partial charge is 0.255 e. The Labute approximate surface area is 250 Å². The van der Waals surface area contributed by atoms with Crippen LogP contribution in [0.15, 0.2) is 28.7 Å². The fourth-order valence-corrected chi connectivity index (χ4v) is 8.03. The number of primary amides is 1. The van der Waals surface area contributed by atoms with Gasteiger partial charge in [0.25, 0.3) is 5.91 Å². The van der Waals surface area contributed by atoms with Crippen LogP contribution in [0.4, 0.5) is 0 Å². The van der Waals surface area contributed by atoms with Gasteiger partial charge in [0.2, 0.25) is 5.78 Å². The Morgan fingerprint density at radius 3 is 2.37 bits per heavy atom. The number of fused-ring (bicyclic) bond motifs is 3. The van der Waals surface area contributed by atoms with Crippen molar-refractivity contribution in [2.24, 2.45) is 23.5 Å². The predicted octanol–water partition coefficient (Wildman–Crippen LogP) is 2.28. The fraction of sp³-hybridized carbons (Fsp3) is 0.594. The highest BCUT2D eigenvalue weighted by Gasteiger charge is 2.63. The minimum atomic E-state index is -2.66. The first-order chi connectivity index (χ1) is 20.2. The van der Waals surface area contributed by atoms with Crippen LogP contribution in [-0.2, 0) is 22.6 Å². The number of aliphatic hydroxyl groups is 3. The first kappa shape index (κ1) is 29.7. The van der Waals surface area contributed by atoms with Crippen molar-refractivity contribution in [1.29, 1.82) is 0 Å². The maximum Gasteiger partial charge on any atom is 0.255 e. The number of aliphatic hydroxyl groups excluding tert-OH is 2. The molecule has 43 heavy (non-hydrogen) atoms. The van der Waals surface area contributed by atoms with E-state index >= 15 is 0 Å². The number of nitrogens with zero attached hydrogens (tertiary/aromatic N) is 2. The van der Waals surface area contributed by atoms with Crippen LogP contribution in [0.3, 0.4) is 0 Å². The van der Waals surface area contributed by atoms with Crippen LogP contribution in [0.2, 0.25) is 0 Å². The predicted molar refractivity (Wildman–Crippen MR) is 156 cm³/mol. The molecule has 5 aliphatic carbocycles. The first-order valence-corrected chi connectivity index (χ1v) is 15.1. The van der Waals surface area contributed by atoms with Gasteiger partial charge in [-0.2, -0.15) is 0 Å². The summed E-state index contributed by atoms with van der Waals surface area (Å²) in [6.45, 7) is 3.79. The van der Waals surface area contributed by atoms with Crippen LogP contribution < -0.4 is 10.5 Å². The number of hydrogen-bond donors (Lipinski definition) is 5. The van der Waals surface area contributed by atoms with Gasteiger partial charge in [-0.3, -0.25) is 24.2 Å². The van der Waals surface area contributed by atoms with Gasteiger partial charge in [0.15, 0.2) is 11.4 Å². The number of rotatable bonds is 8. The van der Waals surface area contributed by atoms with Crippen molar-refractivity contribution in [1.82, 2.24) is 9.80 Å². The van der Waals surface area contributed by atoms with Crippen LogP contribution in [0.1, 0.15) is 66.9 Å². The number of carbonyl (C=O) groups is 3. The molecule has 2 fully saturated rings. The molecule has 0 saturated heterocycles. The summed E-state index contributed by atoms with van der Waals surface area (Å²) >= 11 is 0. The number of benzene rings is 1. The van der Waals surface area contributed by atoms with Gasteiger partial charge in [-0.15, -0.1) is 0 Å². The number of allylic oxidation sites excluding steroid dienone is 1. The van der Waals surface area contributed by atoms with E-state index in [9.17, 15) is 34.8 Å². The van der Waals surface area contributed by atoms with E-state index in [0.717, 1.165) is 24.9 Å². The van der Waals surface area contributed by atoms with E-state index in [2.05, 4.69) is 11.8 Å². The molecule has 232 valence electrons. The number of Topliss-reactive ketones (excluding diaryl/α,β-unsaturated/α-hetero) is 2. The number of phenols is 1. The molecule has 0 aliphatic heterocycles. The maximum atomic E-state index is 14.0. The molecular weight excluding hydrogens is 554 g/mol. The Morgan fingerprint density at radius 1 is 1.16 bits per heavy atom. The molecule has 6 rings (SSSR count). The van der Waals surface area contributed by atoms with Crippen molar-refractivity contribution in [2.75, 3.05) is 27.7 Å². The van der Waals surface area contributed by atoms with E-state index in [0.29, 0.717) is 23.8 Å². The van der Waals surface area contributed by atoms with Crippen molar-refractivity contribution >= 4 is 17.5 Å². The molecule has 0 spiro atoms. The number of aromatic hydroxyl groups is 1. The second-order valence-corrected chi connectivity index (χ2v) is 13.6. The molecule has 0 heterocycles. The van der Waals surface area contributed by atoms with E-state index in [1.165, 1.54) is 31.3 Å². The molecule has 4 atom stereocenters. The van der Waals surface area contributed by atoms with Crippen molar-refractivity contribution in [3.63, 3.8) is 0 Å². The third-order valence-corrected chi connectivity index (χ3v) is 10.7. The van der Waals surface area contributed by atoms with Gasteiger partial charge in [0.05, 0.1) is 18.7 Å². The highest BCUT2D eigenvalue weighted by Crippen LogP contribution is 2.54. The average molecular weight is 596 g/mol. The molecule has 1 amide bonds. The van der Waals surface area contributed by atoms with Crippen LogP contribution in [0.25, 0.3) is 0 Å². The summed E-state index contributed by atoms with van der Waals surface area (Å²) < 4.78 is 5.92. The van der Waals surface area contributed by atoms with Gasteiger partial charge >= 0.3 is 0 Å². The van der Waals surface area contributed by atoms with Crippen LogP contribution in [0.5, 0.6) is 11.5 Å². The zero-order chi connectivity index (χ0) is 31.2. The quantitative estimate of drug-likeness (QED) is 0.281. The van der Waals surface area contributed by atoms with Gasteiger partial charge in [0.1, 0.15) is 28.6 Å². The average Bonchev–Trinajstić information content (AvgIpc) is 3.73. The lowest BCUT2D eigenvalue weighted by atomic mass is 9.58. The summed E-state index contributed by atoms with van der Waals surface area (Å²) in [6.07, 6.45) is 6.02. The van der Waals surface area contributed by atoms with Gasteiger partial charge in [-0.1, -0.05) is 0 Å². The van der Waals surface area contributed by atoms with Crippen molar-refractivity contribution < 1.29 is 39.5 Å². The Bertz CT molecular complexity index is 1490. The minimum Gasteiger partial charge on any atom is -0.510 e. The molecule has 0 bridgehead atoms. The van der Waals surface area contributed by atoms with Crippen molar-refractivity contribution in [2.45, 2.75) is 75.6 Å². The van der Waals surface area contributed by atoms with E-state index < -0.39 is 58.0 Å². The highest BCUT2D eigenvalue weighted by atomic mass is 16.5. The summed E-state index contributed by atoms with van der Waals surface area (Å²) in [4.78, 5) is 43.7. The zero-order valence-electron chi connectivity index (χ0n) is 25.1. The SMILES string of the molecule is COc1c(CN(CC2CC2)C2(C)CCC2)cc(O)c2c1C[C@H]1C[C@H]3[C@H](N(C)C)C(O)=C(C(N)=O)C(=O)[C@@]3(O)C(O)=C1C2=O. The van der Waals surface area contributed by atoms with Gasteiger partial charge < -0.3 is 30.9 Å². The van der Waals surface area contributed by atoms with Crippen molar-refractivity contribution in [3.8, 4) is 11.5 Å². The number of hydrogen-bond acceptors (Lipinski definition) is 10. The number of methoxy groups -OCH3 is 1. The lowest BCUT2D eigenvalue weighted by Crippen LogP contribution is -2.63. The third-order valence-electron chi connectivity index (χ3n) is 10.7. The lowest BCUT2D eigenvalue weighted by Gasteiger charge is -2.50. The minimum absolute atomic E-state index is 0.0335. The second-order valence-electron chi connectivity index (χ2n) is 13.6. The van der Waals surface area contributed by atoms with Crippen LogP contribution in [-0.4, -0.2) is 92.6 Å². The molecule has 1 aromatic carbocycles. The normalized spacial score (nSPS) is 29.8. The largest absolute Gasteiger partial charge is 0.510 e. The Morgan fingerprint density at radius 2 is 1.84 bits per heavy atom. The highest BCUT2D eigenvalue weighted by molar-refractivity contribution is 6.24. The van der Waals surface area contributed by atoms with Gasteiger partial charge in [-0.05, 0) is 83.9 Å². The summed E-state index contributed by atoms with van der Waals surface area (Å²) in [6, 6.07) is 0.515. The van der Waals surface area contributed by atoms with Gasteiger partial charge in [-0.25, -0.2) is 0 Å².